The smallest absolute Gasteiger partial charge is 0.416 e. The normalized spacial score (nSPS) is 18.8. The van der Waals surface area contributed by atoms with Gasteiger partial charge in [-0.1, -0.05) is 30.3 Å². The number of nitrogens with zero attached hydrogens (tertiary/aromatic N) is 1. The Morgan fingerprint density at radius 2 is 1.47 bits per heavy atom. The van der Waals surface area contributed by atoms with Gasteiger partial charge in [0.25, 0.3) is 0 Å². The van der Waals surface area contributed by atoms with E-state index in [1.165, 1.54) is 4.90 Å². The summed E-state index contributed by atoms with van der Waals surface area (Å²) in [6.45, 7) is 4.70. The molecule has 5 nitrogen and oxygen atoms in total. The summed E-state index contributed by atoms with van der Waals surface area (Å²) in [5.41, 5.74) is -3.26. The SMILES string of the molecule is CC(C)(C)OC(=O)N1C[C@H](C(=O)NCc2cc(C(F)(F)F)cc(C(F)(F)F)c2)[C@@H](c2ccccc2)C1. The van der Waals surface area contributed by atoms with Crippen LogP contribution in [0.3, 0.4) is 0 Å². The van der Waals surface area contributed by atoms with Crippen molar-refractivity contribution in [1.29, 1.82) is 0 Å². The molecule has 2 aromatic carbocycles. The Morgan fingerprint density at radius 1 is 0.917 bits per heavy atom. The molecule has 1 N–H and O–H groups in total. The van der Waals surface area contributed by atoms with Crippen LogP contribution >= 0.6 is 0 Å². The Morgan fingerprint density at radius 3 is 1.97 bits per heavy atom. The van der Waals surface area contributed by atoms with Crippen LogP contribution in [-0.2, 0) is 28.4 Å². The zero-order valence-electron chi connectivity index (χ0n) is 19.8. The number of carbonyl (C=O) groups is 2. The molecule has 0 radical (unpaired) electrons. The Kier molecular flexibility index (Phi) is 7.61. The van der Waals surface area contributed by atoms with Crippen LogP contribution in [0.15, 0.2) is 48.5 Å². The highest BCUT2D eigenvalue weighted by atomic mass is 19.4. The van der Waals surface area contributed by atoms with Gasteiger partial charge in [0.05, 0.1) is 17.0 Å². The maximum Gasteiger partial charge on any atom is 0.416 e. The minimum atomic E-state index is -4.99. The topological polar surface area (TPSA) is 58.6 Å². The van der Waals surface area contributed by atoms with Crippen molar-refractivity contribution in [1.82, 2.24) is 10.2 Å². The maximum atomic E-state index is 13.2. The predicted octanol–water partition coefficient (Wildman–Crippen LogP) is 5.99. The number of amides is 2. The van der Waals surface area contributed by atoms with Crippen molar-refractivity contribution < 1.29 is 40.7 Å². The van der Waals surface area contributed by atoms with Crippen LogP contribution in [0.5, 0.6) is 0 Å². The van der Waals surface area contributed by atoms with Crippen LogP contribution in [0.4, 0.5) is 31.1 Å². The number of rotatable bonds is 4. The van der Waals surface area contributed by atoms with Gasteiger partial charge in [0.1, 0.15) is 5.60 Å². The summed E-state index contributed by atoms with van der Waals surface area (Å²) in [6, 6.07) is 10.1. The fourth-order valence-electron chi connectivity index (χ4n) is 4.02. The molecule has 1 saturated heterocycles. The number of likely N-dealkylation sites (tertiary alicyclic amines) is 1. The van der Waals surface area contributed by atoms with Gasteiger partial charge in [-0.15, -0.1) is 0 Å². The van der Waals surface area contributed by atoms with Gasteiger partial charge in [0, 0.05) is 25.6 Å². The average Bonchev–Trinajstić information content (AvgIpc) is 3.21. The second-order valence-electron chi connectivity index (χ2n) is 9.64. The van der Waals surface area contributed by atoms with Gasteiger partial charge in [0.15, 0.2) is 0 Å². The Hall–Kier alpha value is -3.24. The molecule has 0 bridgehead atoms. The van der Waals surface area contributed by atoms with Crippen LogP contribution in [0.25, 0.3) is 0 Å². The van der Waals surface area contributed by atoms with E-state index in [1.807, 2.05) is 0 Å². The molecule has 196 valence electrons. The molecule has 0 aromatic heterocycles. The molecule has 0 unspecified atom stereocenters. The highest BCUT2D eigenvalue weighted by molar-refractivity contribution is 5.82. The first-order valence-electron chi connectivity index (χ1n) is 11.1. The molecule has 3 rings (SSSR count). The van der Waals surface area contributed by atoms with Gasteiger partial charge in [-0.05, 0) is 50.1 Å². The second-order valence-corrected chi connectivity index (χ2v) is 9.64. The summed E-state index contributed by atoms with van der Waals surface area (Å²) in [5, 5.41) is 2.45. The van der Waals surface area contributed by atoms with Crippen molar-refractivity contribution in [3.63, 3.8) is 0 Å². The van der Waals surface area contributed by atoms with E-state index in [-0.39, 0.29) is 24.7 Å². The van der Waals surface area contributed by atoms with E-state index in [1.54, 1.807) is 51.1 Å². The number of benzene rings is 2. The van der Waals surface area contributed by atoms with E-state index in [0.717, 1.165) is 5.56 Å². The van der Waals surface area contributed by atoms with Gasteiger partial charge in [-0.25, -0.2) is 4.79 Å². The minimum Gasteiger partial charge on any atom is -0.444 e. The van der Waals surface area contributed by atoms with E-state index in [4.69, 9.17) is 4.74 Å². The average molecular weight is 516 g/mol. The van der Waals surface area contributed by atoms with Crippen LogP contribution < -0.4 is 5.32 Å². The van der Waals surface area contributed by atoms with Crippen LogP contribution in [0.2, 0.25) is 0 Å². The Labute approximate surface area is 204 Å². The van der Waals surface area contributed by atoms with Crippen molar-refractivity contribution in [2.45, 2.75) is 51.2 Å². The lowest BCUT2D eigenvalue weighted by atomic mass is 9.88. The van der Waals surface area contributed by atoms with Gasteiger partial charge >= 0.3 is 18.4 Å². The largest absolute Gasteiger partial charge is 0.444 e. The van der Waals surface area contributed by atoms with Crippen molar-refractivity contribution >= 4 is 12.0 Å². The third-order valence-corrected chi connectivity index (χ3v) is 5.65. The number of carbonyl (C=O) groups excluding carboxylic acids is 2. The van der Waals surface area contributed by atoms with Gasteiger partial charge in [-0.2, -0.15) is 26.3 Å². The van der Waals surface area contributed by atoms with Crippen molar-refractivity contribution in [3.05, 3.63) is 70.8 Å². The monoisotopic (exact) mass is 516 g/mol. The lowest BCUT2D eigenvalue weighted by Crippen LogP contribution is -2.37. The molecule has 1 fully saturated rings. The van der Waals surface area contributed by atoms with Gasteiger partial charge in [0.2, 0.25) is 5.91 Å². The number of hydrogen-bond donors (Lipinski definition) is 1. The minimum absolute atomic E-state index is 0.0172. The summed E-state index contributed by atoms with van der Waals surface area (Å²) in [5.74, 6) is -1.82. The molecule has 1 heterocycles. The predicted molar refractivity (Wildman–Crippen MR) is 119 cm³/mol. The van der Waals surface area contributed by atoms with E-state index in [9.17, 15) is 35.9 Å². The summed E-state index contributed by atoms with van der Waals surface area (Å²) >= 11 is 0. The van der Waals surface area contributed by atoms with E-state index < -0.39 is 59.5 Å². The summed E-state index contributed by atoms with van der Waals surface area (Å²) in [7, 11) is 0. The molecule has 2 atom stereocenters. The van der Waals surface area contributed by atoms with E-state index in [0.29, 0.717) is 12.1 Å². The lowest BCUT2D eigenvalue weighted by Gasteiger charge is -2.24. The van der Waals surface area contributed by atoms with Crippen molar-refractivity contribution in [2.24, 2.45) is 5.92 Å². The van der Waals surface area contributed by atoms with E-state index in [2.05, 4.69) is 5.32 Å². The third-order valence-electron chi connectivity index (χ3n) is 5.65. The molecule has 1 aliphatic rings. The first-order valence-corrected chi connectivity index (χ1v) is 11.1. The Bertz CT molecular complexity index is 1060. The standard InChI is InChI=1S/C25H26F6N2O3/c1-23(2,3)36-22(35)33-13-19(16-7-5-4-6-8-16)20(14-33)21(34)32-12-15-9-17(24(26,27)28)11-18(10-15)25(29,30)31/h4-11,19-20H,12-14H2,1-3H3,(H,32,34)/t19-,20+/m1/s1. The zero-order chi connectivity index (χ0) is 26.9. The molecular formula is C25H26F6N2O3. The number of nitrogens with one attached hydrogen (secondary N) is 1. The second kappa shape index (κ2) is 10.0. The van der Waals surface area contributed by atoms with Crippen molar-refractivity contribution in [2.75, 3.05) is 13.1 Å². The summed E-state index contributed by atoms with van der Waals surface area (Å²) in [4.78, 5) is 27.1. The number of halogens is 6. The molecule has 0 spiro atoms. The molecular weight excluding hydrogens is 490 g/mol. The fourth-order valence-corrected chi connectivity index (χ4v) is 4.02. The molecule has 0 aliphatic carbocycles. The highest BCUT2D eigenvalue weighted by Crippen LogP contribution is 2.37. The van der Waals surface area contributed by atoms with Crippen molar-refractivity contribution in [3.8, 4) is 0 Å². The van der Waals surface area contributed by atoms with Crippen LogP contribution in [-0.4, -0.2) is 35.6 Å². The number of ether oxygens (including phenoxy) is 1. The third kappa shape index (κ3) is 6.92. The number of alkyl halides is 6. The number of hydrogen-bond acceptors (Lipinski definition) is 3. The molecule has 0 saturated carbocycles. The summed E-state index contributed by atoms with van der Waals surface area (Å²) < 4.78 is 84.3. The molecule has 36 heavy (non-hydrogen) atoms. The summed E-state index contributed by atoms with van der Waals surface area (Å²) in [6.07, 6.45) is -10.6. The van der Waals surface area contributed by atoms with Crippen LogP contribution in [0.1, 0.15) is 48.9 Å². The molecule has 1 aliphatic heterocycles. The lowest BCUT2D eigenvalue weighted by molar-refractivity contribution is -0.143. The Balaban J connectivity index is 1.82. The fraction of sp³-hybridized carbons (Fsp3) is 0.440. The highest BCUT2D eigenvalue weighted by Gasteiger charge is 2.42. The first kappa shape index (κ1) is 27.3. The van der Waals surface area contributed by atoms with Gasteiger partial charge in [-0.3, -0.25) is 4.79 Å². The first-order chi connectivity index (χ1) is 16.5. The molecule has 11 heteroatoms. The molecule has 2 amide bonds. The zero-order valence-corrected chi connectivity index (χ0v) is 19.8. The molecule has 2 aromatic rings. The maximum absolute atomic E-state index is 13.2. The van der Waals surface area contributed by atoms with Crippen LogP contribution in [0, 0.1) is 5.92 Å². The quantitative estimate of drug-likeness (QED) is 0.508. The van der Waals surface area contributed by atoms with Gasteiger partial charge < -0.3 is 15.0 Å². The van der Waals surface area contributed by atoms with E-state index >= 15 is 0 Å².